The summed E-state index contributed by atoms with van der Waals surface area (Å²) < 4.78 is 5.32. The highest BCUT2D eigenvalue weighted by molar-refractivity contribution is 5.68. The predicted molar refractivity (Wildman–Crippen MR) is 64.1 cm³/mol. The molecule has 0 spiro atoms. The molecule has 1 amide bonds. The second kappa shape index (κ2) is 4.62. The van der Waals surface area contributed by atoms with Crippen LogP contribution in [0.25, 0.3) is 0 Å². The first-order valence-corrected chi connectivity index (χ1v) is 5.92. The van der Waals surface area contributed by atoms with Gasteiger partial charge in [-0.1, -0.05) is 0 Å². The fraction of sp³-hybridized carbons (Fsp3) is 0.917. The number of hydrogen-bond acceptors (Lipinski definition) is 3. The van der Waals surface area contributed by atoms with Crippen molar-refractivity contribution in [3.8, 4) is 0 Å². The Kier molecular flexibility index (Phi) is 3.84. The summed E-state index contributed by atoms with van der Waals surface area (Å²) in [6.45, 7) is 8.41. The molecule has 0 aromatic heterocycles. The van der Waals surface area contributed by atoms with Gasteiger partial charge in [0.1, 0.15) is 5.60 Å². The van der Waals surface area contributed by atoms with E-state index in [1.54, 1.807) is 11.9 Å². The summed E-state index contributed by atoms with van der Waals surface area (Å²) in [5.74, 6) is 1.13. The SMILES string of the molecule is CC([C@@H]1C[C@H]1CN)N(C)C(=O)OC(C)(C)C. The van der Waals surface area contributed by atoms with Gasteiger partial charge >= 0.3 is 6.09 Å². The second-order valence-electron chi connectivity index (χ2n) is 5.73. The van der Waals surface area contributed by atoms with Crippen LogP contribution in [0.1, 0.15) is 34.1 Å². The molecule has 0 aliphatic heterocycles. The summed E-state index contributed by atoms with van der Waals surface area (Å²) in [6, 6.07) is 0.211. The number of nitrogens with zero attached hydrogens (tertiary/aromatic N) is 1. The van der Waals surface area contributed by atoms with Crippen LogP contribution in [0.4, 0.5) is 4.79 Å². The topological polar surface area (TPSA) is 55.6 Å². The molecular weight excluding hydrogens is 204 g/mol. The number of hydrogen-bond donors (Lipinski definition) is 1. The lowest BCUT2D eigenvalue weighted by molar-refractivity contribution is 0.0214. The Bertz CT molecular complexity index is 260. The lowest BCUT2D eigenvalue weighted by Crippen LogP contribution is -2.40. The summed E-state index contributed by atoms with van der Waals surface area (Å²) in [5.41, 5.74) is 5.18. The first-order valence-electron chi connectivity index (χ1n) is 5.92. The van der Waals surface area contributed by atoms with E-state index in [0.717, 1.165) is 13.0 Å². The van der Waals surface area contributed by atoms with Gasteiger partial charge in [0.2, 0.25) is 0 Å². The Hall–Kier alpha value is -0.770. The molecule has 0 radical (unpaired) electrons. The molecule has 0 saturated heterocycles. The molecule has 4 nitrogen and oxygen atoms in total. The van der Waals surface area contributed by atoms with Gasteiger partial charge < -0.3 is 15.4 Å². The highest BCUT2D eigenvalue weighted by Crippen LogP contribution is 2.41. The largest absolute Gasteiger partial charge is 0.444 e. The van der Waals surface area contributed by atoms with E-state index in [9.17, 15) is 4.79 Å². The van der Waals surface area contributed by atoms with Crippen molar-refractivity contribution >= 4 is 6.09 Å². The van der Waals surface area contributed by atoms with Crippen molar-refractivity contribution in [3.63, 3.8) is 0 Å². The van der Waals surface area contributed by atoms with Gasteiger partial charge in [-0.3, -0.25) is 0 Å². The van der Waals surface area contributed by atoms with Crippen LogP contribution < -0.4 is 5.73 Å². The maximum Gasteiger partial charge on any atom is 0.410 e. The summed E-state index contributed by atoms with van der Waals surface area (Å²) >= 11 is 0. The van der Waals surface area contributed by atoms with Gasteiger partial charge in [0.25, 0.3) is 0 Å². The molecule has 94 valence electrons. The molecule has 0 heterocycles. The third kappa shape index (κ3) is 3.37. The van der Waals surface area contributed by atoms with Gasteiger partial charge in [0.15, 0.2) is 0 Å². The molecular formula is C12H24N2O2. The van der Waals surface area contributed by atoms with Crippen LogP contribution in [0.15, 0.2) is 0 Å². The van der Waals surface area contributed by atoms with Crippen LogP contribution in [0.5, 0.6) is 0 Å². The molecule has 1 saturated carbocycles. The Morgan fingerprint density at radius 2 is 2.12 bits per heavy atom. The third-order valence-electron chi connectivity index (χ3n) is 3.19. The molecule has 16 heavy (non-hydrogen) atoms. The molecule has 0 bridgehead atoms. The highest BCUT2D eigenvalue weighted by Gasteiger charge is 2.42. The molecule has 1 rings (SSSR count). The summed E-state index contributed by atoms with van der Waals surface area (Å²) in [7, 11) is 1.80. The minimum absolute atomic E-state index is 0.211. The third-order valence-corrected chi connectivity index (χ3v) is 3.19. The van der Waals surface area contributed by atoms with Gasteiger partial charge in [-0.15, -0.1) is 0 Å². The van der Waals surface area contributed by atoms with E-state index in [-0.39, 0.29) is 12.1 Å². The van der Waals surface area contributed by atoms with Crippen LogP contribution in [-0.2, 0) is 4.74 Å². The molecule has 1 aliphatic rings. The maximum absolute atomic E-state index is 11.8. The van der Waals surface area contributed by atoms with E-state index in [0.29, 0.717) is 11.8 Å². The van der Waals surface area contributed by atoms with Crippen molar-refractivity contribution in [1.82, 2.24) is 4.90 Å². The van der Waals surface area contributed by atoms with Crippen molar-refractivity contribution in [3.05, 3.63) is 0 Å². The molecule has 0 aromatic rings. The van der Waals surface area contributed by atoms with Crippen LogP contribution in [0.2, 0.25) is 0 Å². The number of carbonyl (C=O) groups is 1. The standard InChI is InChI=1S/C12H24N2O2/c1-8(10-6-9(10)7-13)14(5)11(15)16-12(2,3)4/h8-10H,6-7,13H2,1-5H3/t8?,9-,10-/m0/s1. The molecule has 1 unspecified atom stereocenters. The van der Waals surface area contributed by atoms with Crippen molar-refractivity contribution in [2.75, 3.05) is 13.6 Å². The molecule has 0 aromatic carbocycles. The van der Waals surface area contributed by atoms with Crippen molar-refractivity contribution in [1.29, 1.82) is 0 Å². The van der Waals surface area contributed by atoms with Gasteiger partial charge in [0.05, 0.1) is 0 Å². The summed E-state index contributed by atoms with van der Waals surface area (Å²) in [5, 5.41) is 0. The summed E-state index contributed by atoms with van der Waals surface area (Å²) in [4.78, 5) is 13.5. The zero-order chi connectivity index (χ0) is 12.5. The predicted octanol–water partition coefficient (Wildman–Crippen LogP) is 1.84. The Balaban J connectivity index is 2.45. The second-order valence-corrected chi connectivity index (χ2v) is 5.73. The minimum atomic E-state index is -0.429. The zero-order valence-corrected chi connectivity index (χ0v) is 11.0. The fourth-order valence-electron chi connectivity index (χ4n) is 1.92. The molecule has 2 N–H and O–H groups in total. The molecule has 3 atom stereocenters. The maximum atomic E-state index is 11.8. The van der Waals surface area contributed by atoms with Crippen LogP contribution in [0.3, 0.4) is 0 Å². The van der Waals surface area contributed by atoms with E-state index < -0.39 is 5.60 Å². The van der Waals surface area contributed by atoms with E-state index >= 15 is 0 Å². The number of rotatable bonds is 3. The van der Waals surface area contributed by atoms with Crippen LogP contribution in [0, 0.1) is 11.8 Å². The number of nitrogens with two attached hydrogens (primary N) is 1. The smallest absolute Gasteiger partial charge is 0.410 e. The number of ether oxygens (including phenoxy) is 1. The zero-order valence-electron chi connectivity index (χ0n) is 11.0. The normalized spacial score (nSPS) is 26.1. The molecule has 1 fully saturated rings. The molecule has 1 aliphatic carbocycles. The number of amides is 1. The van der Waals surface area contributed by atoms with Gasteiger partial charge in [-0.25, -0.2) is 4.79 Å². The quantitative estimate of drug-likeness (QED) is 0.802. The number of carbonyl (C=O) groups excluding carboxylic acids is 1. The van der Waals surface area contributed by atoms with E-state index in [2.05, 4.69) is 6.92 Å². The lowest BCUT2D eigenvalue weighted by atomic mass is 10.1. The Morgan fingerprint density at radius 3 is 2.50 bits per heavy atom. The Labute approximate surface area is 98.1 Å². The Morgan fingerprint density at radius 1 is 1.56 bits per heavy atom. The van der Waals surface area contributed by atoms with E-state index in [4.69, 9.17) is 10.5 Å². The minimum Gasteiger partial charge on any atom is -0.444 e. The van der Waals surface area contributed by atoms with Crippen LogP contribution in [-0.4, -0.2) is 36.2 Å². The van der Waals surface area contributed by atoms with Gasteiger partial charge in [-0.2, -0.15) is 0 Å². The van der Waals surface area contributed by atoms with Crippen molar-refractivity contribution in [2.24, 2.45) is 17.6 Å². The van der Waals surface area contributed by atoms with Crippen molar-refractivity contribution in [2.45, 2.75) is 45.8 Å². The highest BCUT2D eigenvalue weighted by atomic mass is 16.6. The first kappa shape index (κ1) is 13.3. The summed E-state index contributed by atoms with van der Waals surface area (Å²) in [6.07, 6.45) is 0.882. The van der Waals surface area contributed by atoms with Gasteiger partial charge in [-0.05, 0) is 52.5 Å². The average molecular weight is 228 g/mol. The lowest BCUT2D eigenvalue weighted by Gasteiger charge is -2.29. The van der Waals surface area contributed by atoms with Crippen LogP contribution >= 0.6 is 0 Å². The molecule has 4 heteroatoms. The monoisotopic (exact) mass is 228 g/mol. The van der Waals surface area contributed by atoms with Crippen molar-refractivity contribution < 1.29 is 9.53 Å². The first-order chi connectivity index (χ1) is 7.26. The van der Waals surface area contributed by atoms with E-state index in [1.165, 1.54) is 0 Å². The average Bonchev–Trinajstić information content (AvgIpc) is 2.91. The fourth-order valence-corrected chi connectivity index (χ4v) is 1.92. The van der Waals surface area contributed by atoms with Gasteiger partial charge in [0, 0.05) is 13.1 Å². The van der Waals surface area contributed by atoms with E-state index in [1.807, 2.05) is 20.8 Å².